The molecule has 0 aliphatic carbocycles. The second kappa shape index (κ2) is 9.56. The van der Waals surface area contributed by atoms with Gasteiger partial charge in [0.25, 0.3) is 0 Å². The minimum Gasteiger partial charge on any atom is -0.381 e. The first kappa shape index (κ1) is 19.5. The fraction of sp³-hybridized carbons (Fsp3) is 0.714. The smallest absolute Gasteiger partial charge is 0.0561 e. The van der Waals surface area contributed by atoms with Crippen molar-refractivity contribution in [2.24, 2.45) is 5.92 Å². The van der Waals surface area contributed by atoms with Crippen LogP contribution in [0.5, 0.6) is 0 Å². The third-order valence-corrected chi connectivity index (χ3v) is 5.60. The average molecular weight is 374 g/mol. The van der Waals surface area contributed by atoms with E-state index in [2.05, 4.69) is 15.6 Å². The molecule has 0 spiro atoms. The zero-order valence-corrected chi connectivity index (χ0v) is 15.1. The lowest BCUT2D eigenvalue weighted by Gasteiger charge is -2.40. The summed E-state index contributed by atoms with van der Waals surface area (Å²) < 4.78 is 5.52. The maximum absolute atomic E-state index is 6.41. The molecule has 3 nitrogen and oxygen atoms in total. The summed E-state index contributed by atoms with van der Waals surface area (Å²) in [6.07, 6.45) is 2.31. The normalized spacial score (nSPS) is 22.1. The molecule has 2 aliphatic rings. The van der Waals surface area contributed by atoms with Gasteiger partial charge in [-0.25, -0.2) is 0 Å². The molecule has 0 unspecified atom stereocenters. The summed E-state index contributed by atoms with van der Waals surface area (Å²) in [7, 11) is 0. The van der Waals surface area contributed by atoms with E-state index in [1.54, 1.807) is 0 Å². The predicted molar refractivity (Wildman–Crippen MR) is 94.6 cm³/mol. The fourth-order valence-corrected chi connectivity index (χ4v) is 4.58. The number of thiophene rings is 1. The number of hydrogen-bond acceptors (Lipinski definition) is 4. The van der Waals surface area contributed by atoms with Crippen LogP contribution in [0.25, 0.3) is 0 Å². The first-order valence-corrected chi connectivity index (χ1v) is 8.37. The van der Waals surface area contributed by atoms with Gasteiger partial charge in [0, 0.05) is 50.3 Å². The van der Waals surface area contributed by atoms with Crippen LogP contribution in [0.15, 0.2) is 11.4 Å². The highest BCUT2D eigenvalue weighted by molar-refractivity contribution is 7.10. The van der Waals surface area contributed by atoms with Gasteiger partial charge in [-0.2, -0.15) is 0 Å². The number of piperazine rings is 1. The van der Waals surface area contributed by atoms with Gasteiger partial charge in [-0.3, -0.25) is 4.90 Å². The molecule has 1 atom stereocenters. The summed E-state index contributed by atoms with van der Waals surface area (Å²) in [4.78, 5) is 3.97. The number of nitrogens with one attached hydrogen (secondary N) is 1. The van der Waals surface area contributed by atoms with Crippen LogP contribution in [0.4, 0.5) is 0 Å². The lowest BCUT2D eigenvalue weighted by molar-refractivity contribution is 0.0223. The summed E-state index contributed by atoms with van der Waals surface area (Å²) in [5.74, 6) is 0.683. The highest BCUT2D eigenvalue weighted by Crippen LogP contribution is 2.41. The topological polar surface area (TPSA) is 24.5 Å². The van der Waals surface area contributed by atoms with E-state index in [4.69, 9.17) is 16.3 Å². The monoisotopic (exact) mass is 372 g/mol. The molecule has 2 aliphatic heterocycles. The maximum atomic E-state index is 6.41. The van der Waals surface area contributed by atoms with Gasteiger partial charge in [0.1, 0.15) is 0 Å². The van der Waals surface area contributed by atoms with Crippen molar-refractivity contribution in [3.8, 4) is 0 Å². The molecule has 0 radical (unpaired) electrons. The molecule has 0 aromatic carbocycles. The van der Waals surface area contributed by atoms with E-state index in [9.17, 15) is 0 Å². The van der Waals surface area contributed by atoms with E-state index in [1.165, 1.54) is 4.88 Å². The van der Waals surface area contributed by atoms with Crippen molar-refractivity contribution in [1.29, 1.82) is 0 Å². The van der Waals surface area contributed by atoms with Crippen molar-refractivity contribution in [1.82, 2.24) is 10.2 Å². The molecule has 3 rings (SSSR count). The van der Waals surface area contributed by atoms with Crippen molar-refractivity contribution < 1.29 is 4.74 Å². The molecule has 3 heterocycles. The van der Waals surface area contributed by atoms with Crippen LogP contribution in [0, 0.1) is 5.92 Å². The van der Waals surface area contributed by atoms with E-state index >= 15 is 0 Å². The Morgan fingerprint density at radius 1 is 1.24 bits per heavy atom. The van der Waals surface area contributed by atoms with Gasteiger partial charge in [-0.15, -0.1) is 36.2 Å². The van der Waals surface area contributed by atoms with Crippen LogP contribution in [0.3, 0.4) is 0 Å². The number of rotatable bonds is 3. The molecular formula is C14H23Cl3N2OS. The molecular weight excluding hydrogens is 351 g/mol. The standard InChI is InChI=1S/C14H21ClN2OS.2ClH/c15-12-3-10-19-14(12)13(11-1-8-18-9-2-11)17-6-4-16-5-7-17;;/h3,10-11,13,16H,1-2,4-9H2;2*1H/t13-;;/m1../s1. The van der Waals surface area contributed by atoms with Gasteiger partial charge < -0.3 is 10.1 Å². The molecule has 1 aromatic heterocycles. The van der Waals surface area contributed by atoms with Crippen LogP contribution >= 0.6 is 47.8 Å². The van der Waals surface area contributed by atoms with Crippen LogP contribution in [0.2, 0.25) is 5.02 Å². The van der Waals surface area contributed by atoms with Crippen LogP contribution in [-0.2, 0) is 4.74 Å². The van der Waals surface area contributed by atoms with Crippen molar-refractivity contribution in [3.63, 3.8) is 0 Å². The average Bonchev–Trinajstić information content (AvgIpc) is 2.88. The van der Waals surface area contributed by atoms with Crippen molar-refractivity contribution in [3.05, 3.63) is 21.3 Å². The third kappa shape index (κ3) is 4.71. The molecule has 0 amide bonds. The Kier molecular flexibility index (Phi) is 8.87. The van der Waals surface area contributed by atoms with Gasteiger partial charge >= 0.3 is 0 Å². The van der Waals surface area contributed by atoms with Crippen molar-refractivity contribution >= 4 is 47.8 Å². The number of nitrogens with zero attached hydrogens (tertiary/aromatic N) is 1. The summed E-state index contributed by atoms with van der Waals surface area (Å²) in [5, 5.41) is 6.50. The minimum absolute atomic E-state index is 0. The first-order valence-electron chi connectivity index (χ1n) is 7.11. The lowest BCUT2D eigenvalue weighted by Crippen LogP contribution is -2.47. The van der Waals surface area contributed by atoms with Gasteiger partial charge in [0.05, 0.1) is 5.02 Å². The van der Waals surface area contributed by atoms with Crippen molar-refractivity contribution in [2.45, 2.75) is 18.9 Å². The molecule has 0 bridgehead atoms. The Hall–Kier alpha value is 0.450. The Balaban J connectivity index is 0.00000110. The van der Waals surface area contributed by atoms with Gasteiger partial charge in [-0.1, -0.05) is 11.6 Å². The Bertz CT molecular complexity index is 389. The summed E-state index contributed by atoms with van der Waals surface area (Å²) in [6, 6.07) is 2.52. The fourth-order valence-electron chi connectivity index (χ4n) is 3.19. The lowest BCUT2D eigenvalue weighted by atomic mass is 9.89. The molecule has 0 saturated carbocycles. The highest BCUT2D eigenvalue weighted by atomic mass is 35.5. The van der Waals surface area contributed by atoms with E-state index in [-0.39, 0.29) is 24.8 Å². The van der Waals surface area contributed by atoms with Gasteiger partial charge in [-0.05, 0) is 30.2 Å². The third-order valence-electron chi connectivity index (χ3n) is 4.17. The predicted octanol–water partition coefficient (Wildman–Crippen LogP) is 3.62. The zero-order chi connectivity index (χ0) is 13.1. The van der Waals surface area contributed by atoms with Gasteiger partial charge in [0.2, 0.25) is 0 Å². The Morgan fingerprint density at radius 3 is 2.48 bits per heavy atom. The zero-order valence-electron chi connectivity index (χ0n) is 11.9. The van der Waals surface area contributed by atoms with Crippen LogP contribution in [0.1, 0.15) is 23.8 Å². The largest absolute Gasteiger partial charge is 0.381 e. The minimum atomic E-state index is 0. The summed E-state index contributed by atoms with van der Waals surface area (Å²) >= 11 is 8.22. The van der Waals surface area contributed by atoms with Crippen molar-refractivity contribution in [2.75, 3.05) is 39.4 Å². The van der Waals surface area contributed by atoms with E-state index < -0.39 is 0 Å². The Morgan fingerprint density at radius 2 is 1.90 bits per heavy atom. The van der Waals surface area contributed by atoms with E-state index in [0.717, 1.165) is 57.3 Å². The van der Waals surface area contributed by atoms with E-state index in [1.807, 2.05) is 17.4 Å². The van der Waals surface area contributed by atoms with Gasteiger partial charge in [0.15, 0.2) is 0 Å². The molecule has 2 fully saturated rings. The Labute approximate surface area is 148 Å². The second-order valence-corrected chi connectivity index (χ2v) is 6.67. The molecule has 21 heavy (non-hydrogen) atoms. The maximum Gasteiger partial charge on any atom is 0.0561 e. The number of ether oxygens (including phenoxy) is 1. The number of halogens is 3. The summed E-state index contributed by atoms with van der Waals surface area (Å²) in [6.45, 7) is 6.21. The quantitative estimate of drug-likeness (QED) is 0.876. The first-order chi connectivity index (χ1) is 9.36. The van der Waals surface area contributed by atoms with Crippen LogP contribution in [-0.4, -0.2) is 44.3 Å². The number of hydrogen-bond donors (Lipinski definition) is 1. The molecule has 122 valence electrons. The molecule has 2 saturated heterocycles. The molecule has 1 aromatic rings. The second-order valence-electron chi connectivity index (χ2n) is 5.31. The van der Waals surface area contributed by atoms with E-state index in [0.29, 0.717) is 12.0 Å². The molecule has 7 heteroatoms. The molecule has 1 N–H and O–H groups in total. The summed E-state index contributed by atoms with van der Waals surface area (Å²) in [5.41, 5.74) is 0. The highest BCUT2D eigenvalue weighted by Gasteiger charge is 2.33. The SMILES string of the molecule is Cl.Cl.Clc1ccsc1[C@@H](C1CCOCC1)N1CCNCC1. The van der Waals surface area contributed by atoms with Crippen LogP contribution < -0.4 is 5.32 Å².